The Morgan fingerprint density at radius 3 is 2.37 bits per heavy atom. The molecular formula is C20H24N4O2S. The summed E-state index contributed by atoms with van der Waals surface area (Å²) in [4.78, 5) is 0.299. The summed E-state index contributed by atoms with van der Waals surface area (Å²) in [6, 6.07) is 17.0. The van der Waals surface area contributed by atoms with Crippen molar-refractivity contribution in [2.45, 2.75) is 24.4 Å². The molecule has 0 saturated carbocycles. The minimum absolute atomic E-state index is 0.0844. The van der Waals surface area contributed by atoms with Crippen molar-refractivity contribution < 1.29 is 8.42 Å². The van der Waals surface area contributed by atoms with E-state index in [0.717, 1.165) is 16.8 Å². The molecule has 0 radical (unpaired) electrons. The summed E-state index contributed by atoms with van der Waals surface area (Å²) in [7, 11) is -0.335. The van der Waals surface area contributed by atoms with E-state index in [1.165, 1.54) is 18.4 Å². The molecule has 0 aliphatic rings. The molecule has 27 heavy (non-hydrogen) atoms. The molecule has 6 nitrogen and oxygen atoms in total. The highest BCUT2D eigenvalue weighted by Gasteiger charge is 2.17. The Labute approximate surface area is 160 Å². The number of benzene rings is 2. The van der Waals surface area contributed by atoms with Crippen LogP contribution < -0.4 is 5.32 Å². The molecule has 7 heteroatoms. The lowest BCUT2D eigenvalue weighted by Gasteiger charge is -2.15. The van der Waals surface area contributed by atoms with Gasteiger partial charge in [-0.25, -0.2) is 17.4 Å². The Balaban J connectivity index is 1.63. The first-order valence-corrected chi connectivity index (χ1v) is 10.2. The van der Waals surface area contributed by atoms with Gasteiger partial charge < -0.3 is 5.32 Å². The maximum absolute atomic E-state index is 12.1. The Morgan fingerprint density at radius 2 is 1.74 bits per heavy atom. The quantitative estimate of drug-likeness (QED) is 0.680. The average molecular weight is 385 g/mol. The molecule has 1 aromatic heterocycles. The lowest BCUT2D eigenvalue weighted by Crippen LogP contribution is -2.22. The third-order valence-corrected chi connectivity index (χ3v) is 6.26. The maximum atomic E-state index is 12.1. The molecule has 3 aromatic rings. The highest BCUT2D eigenvalue weighted by molar-refractivity contribution is 7.89. The second kappa shape index (κ2) is 8.04. The Morgan fingerprint density at radius 1 is 1.07 bits per heavy atom. The van der Waals surface area contributed by atoms with Gasteiger partial charge in [-0.15, -0.1) is 0 Å². The molecule has 0 amide bonds. The monoisotopic (exact) mass is 384 g/mol. The van der Waals surface area contributed by atoms with Gasteiger partial charge in [0.25, 0.3) is 0 Å². The predicted molar refractivity (Wildman–Crippen MR) is 106 cm³/mol. The highest BCUT2D eigenvalue weighted by Crippen LogP contribution is 2.18. The van der Waals surface area contributed by atoms with E-state index in [0.29, 0.717) is 11.4 Å². The highest BCUT2D eigenvalue weighted by atomic mass is 32.2. The first kappa shape index (κ1) is 19.3. The second-order valence-electron chi connectivity index (χ2n) is 6.59. The summed E-state index contributed by atoms with van der Waals surface area (Å²) >= 11 is 0. The number of para-hydroxylation sites is 1. The van der Waals surface area contributed by atoms with Crippen molar-refractivity contribution >= 4 is 10.0 Å². The standard InChI is InChI=1S/C20H24N4O2S/c1-16(18-9-11-20(12-10-18)27(25,26)23(2)3)21-13-17-14-22-24(15-17)19-7-5-4-6-8-19/h4-12,14-16,21H,13H2,1-3H3. The normalized spacial score (nSPS) is 13.0. The SMILES string of the molecule is CC(NCc1cnn(-c2ccccc2)c1)c1ccc(S(=O)(=O)N(C)C)cc1. The molecule has 0 saturated heterocycles. The lowest BCUT2D eigenvalue weighted by atomic mass is 10.1. The number of hydrogen-bond donors (Lipinski definition) is 1. The summed E-state index contributed by atoms with van der Waals surface area (Å²) in [5.41, 5.74) is 3.13. The van der Waals surface area contributed by atoms with E-state index >= 15 is 0 Å². The van der Waals surface area contributed by atoms with Crippen LogP contribution >= 0.6 is 0 Å². The maximum Gasteiger partial charge on any atom is 0.242 e. The van der Waals surface area contributed by atoms with Crippen LogP contribution in [0.3, 0.4) is 0 Å². The van der Waals surface area contributed by atoms with Crippen LogP contribution in [0.1, 0.15) is 24.1 Å². The summed E-state index contributed by atoms with van der Waals surface area (Å²) in [6.07, 6.45) is 3.85. The third-order valence-electron chi connectivity index (χ3n) is 4.43. The molecule has 1 heterocycles. The third kappa shape index (κ3) is 4.44. The van der Waals surface area contributed by atoms with Crippen molar-refractivity contribution in [3.8, 4) is 5.69 Å². The van der Waals surface area contributed by atoms with E-state index < -0.39 is 10.0 Å². The van der Waals surface area contributed by atoms with E-state index in [1.54, 1.807) is 12.1 Å². The molecule has 0 aliphatic heterocycles. The zero-order chi connectivity index (χ0) is 19.4. The molecule has 0 bridgehead atoms. The van der Waals surface area contributed by atoms with Gasteiger partial charge >= 0.3 is 0 Å². The van der Waals surface area contributed by atoms with Crippen LogP contribution in [0.2, 0.25) is 0 Å². The minimum Gasteiger partial charge on any atom is -0.306 e. The van der Waals surface area contributed by atoms with Crippen LogP contribution in [0.5, 0.6) is 0 Å². The topological polar surface area (TPSA) is 67.2 Å². The van der Waals surface area contributed by atoms with Crippen molar-refractivity contribution in [1.29, 1.82) is 0 Å². The molecule has 3 rings (SSSR count). The van der Waals surface area contributed by atoms with Gasteiger partial charge in [0, 0.05) is 38.4 Å². The second-order valence-corrected chi connectivity index (χ2v) is 8.74. The van der Waals surface area contributed by atoms with Gasteiger partial charge in [0.15, 0.2) is 0 Å². The fraction of sp³-hybridized carbons (Fsp3) is 0.250. The van der Waals surface area contributed by atoms with Crippen molar-refractivity contribution in [1.82, 2.24) is 19.4 Å². The number of rotatable bonds is 7. The van der Waals surface area contributed by atoms with Gasteiger partial charge in [0.1, 0.15) is 0 Å². The van der Waals surface area contributed by atoms with Gasteiger partial charge in [-0.05, 0) is 36.8 Å². The molecule has 1 N–H and O–H groups in total. The van der Waals surface area contributed by atoms with Crippen molar-refractivity contribution in [3.05, 3.63) is 78.1 Å². The predicted octanol–water partition coefficient (Wildman–Crippen LogP) is 2.97. The molecule has 1 unspecified atom stereocenters. The van der Waals surface area contributed by atoms with Crippen molar-refractivity contribution in [2.24, 2.45) is 0 Å². The fourth-order valence-electron chi connectivity index (χ4n) is 2.70. The van der Waals surface area contributed by atoms with Crippen LogP contribution in [-0.2, 0) is 16.6 Å². The number of hydrogen-bond acceptors (Lipinski definition) is 4. The van der Waals surface area contributed by atoms with E-state index in [1.807, 2.05) is 59.5 Å². The summed E-state index contributed by atoms with van der Waals surface area (Å²) in [5.74, 6) is 0. The van der Waals surface area contributed by atoms with Gasteiger partial charge in [-0.1, -0.05) is 30.3 Å². The molecule has 0 aliphatic carbocycles. The zero-order valence-corrected chi connectivity index (χ0v) is 16.5. The molecule has 2 aromatic carbocycles. The van der Waals surface area contributed by atoms with Crippen LogP contribution in [0.4, 0.5) is 0 Å². The largest absolute Gasteiger partial charge is 0.306 e. The molecule has 1 atom stereocenters. The number of nitrogens with zero attached hydrogens (tertiary/aromatic N) is 3. The Bertz CT molecular complexity index is 980. The summed E-state index contributed by atoms with van der Waals surface area (Å²) < 4.78 is 27.4. The molecule has 0 fully saturated rings. The van der Waals surface area contributed by atoms with E-state index in [9.17, 15) is 8.42 Å². The van der Waals surface area contributed by atoms with E-state index in [2.05, 4.69) is 17.3 Å². The lowest BCUT2D eigenvalue weighted by molar-refractivity contribution is 0.520. The Kier molecular flexibility index (Phi) is 5.74. The number of aromatic nitrogens is 2. The van der Waals surface area contributed by atoms with Crippen LogP contribution in [0, 0.1) is 0 Å². The smallest absolute Gasteiger partial charge is 0.242 e. The summed E-state index contributed by atoms with van der Waals surface area (Å²) in [6.45, 7) is 2.73. The first-order chi connectivity index (χ1) is 12.9. The van der Waals surface area contributed by atoms with Gasteiger partial charge in [-0.2, -0.15) is 5.10 Å². The number of nitrogens with one attached hydrogen (secondary N) is 1. The van der Waals surface area contributed by atoms with Crippen LogP contribution in [-0.4, -0.2) is 36.6 Å². The van der Waals surface area contributed by atoms with Crippen LogP contribution in [0.15, 0.2) is 71.9 Å². The Hall–Kier alpha value is -2.48. The van der Waals surface area contributed by atoms with E-state index in [-0.39, 0.29) is 6.04 Å². The average Bonchev–Trinajstić information content (AvgIpc) is 3.16. The molecule has 142 valence electrons. The molecule has 0 spiro atoms. The minimum atomic E-state index is -3.40. The van der Waals surface area contributed by atoms with Gasteiger partial charge in [-0.3, -0.25) is 0 Å². The van der Waals surface area contributed by atoms with Crippen molar-refractivity contribution in [2.75, 3.05) is 14.1 Å². The molecular weight excluding hydrogens is 360 g/mol. The first-order valence-electron chi connectivity index (χ1n) is 8.73. The van der Waals surface area contributed by atoms with Gasteiger partial charge in [0.2, 0.25) is 10.0 Å². The fourth-order valence-corrected chi connectivity index (χ4v) is 3.60. The van der Waals surface area contributed by atoms with Crippen LogP contribution in [0.25, 0.3) is 5.69 Å². The van der Waals surface area contributed by atoms with Gasteiger partial charge in [0.05, 0.1) is 16.8 Å². The van der Waals surface area contributed by atoms with Crippen molar-refractivity contribution in [3.63, 3.8) is 0 Å². The number of sulfonamides is 1. The summed E-state index contributed by atoms with van der Waals surface area (Å²) in [5, 5.41) is 7.85. The zero-order valence-electron chi connectivity index (χ0n) is 15.7. The van der Waals surface area contributed by atoms with E-state index in [4.69, 9.17) is 0 Å².